The number of nitrogens with one attached hydrogen (secondary N) is 2. The molecule has 0 aromatic carbocycles. The molecule has 1 rings (SSSR count). The van der Waals surface area contributed by atoms with Gasteiger partial charge in [0.1, 0.15) is 18.1 Å². The van der Waals surface area contributed by atoms with Gasteiger partial charge in [0.2, 0.25) is 17.7 Å². The Bertz CT molecular complexity index is 660. The van der Waals surface area contributed by atoms with Crippen molar-refractivity contribution < 1.29 is 24.3 Å². The van der Waals surface area contributed by atoms with Crippen LogP contribution in [-0.4, -0.2) is 76.4 Å². The van der Waals surface area contributed by atoms with Crippen LogP contribution in [0.5, 0.6) is 0 Å². The molecule has 0 aromatic rings. The maximum atomic E-state index is 13.4. The molecule has 9 nitrogen and oxygen atoms in total. The minimum atomic E-state index is -1.09. The first-order valence-electron chi connectivity index (χ1n) is 11.4. The molecule has 1 aliphatic heterocycles. The van der Waals surface area contributed by atoms with Crippen molar-refractivity contribution in [3.8, 4) is 0 Å². The van der Waals surface area contributed by atoms with Gasteiger partial charge in [-0.3, -0.25) is 14.4 Å². The summed E-state index contributed by atoms with van der Waals surface area (Å²) in [6.45, 7) is 7.97. The van der Waals surface area contributed by atoms with Crippen molar-refractivity contribution in [3.05, 3.63) is 0 Å². The van der Waals surface area contributed by atoms with E-state index in [4.69, 9.17) is 5.73 Å². The number of hydrogen-bond acceptors (Lipinski definition) is 6. The number of carboxylic acids is 1. The summed E-state index contributed by atoms with van der Waals surface area (Å²) in [5.74, 6) is -1.55. The molecule has 3 amide bonds. The number of carbonyl (C=O) groups excluding carboxylic acids is 3. The van der Waals surface area contributed by atoms with Crippen LogP contribution in [0.4, 0.5) is 0 Å². The van der Waals surface area contributed by atoms with Gasteiger partial charge in [-0.15, -0.1) is 0 Å². The third kappa shape index (κ3) is 8.27. The van der Waals surface area contributed by atoms with E-state index in [1.165, 1.54) is 4.90 Å². The van der Waals surface area contributed by atoms with E-state index >= 15 is 0 Å². The van der Waals surface area contributed by atoms with E-state index in [9.17, 15) is 24.3 Å². The van der Waals surface area contributed by atoms with Crippen molar-refractivity contribution in [2.75, 3.05) is 18.6 Å². The lowest BCUT2D eigenvalue weighted by atomic mass is 9.96. The van der Waals surface area contributed by atoms with Crippen molar-refractivity contribution >= 4 is 35.5 Å². The molecule has 10 heteroatoms. The van der Waals surface area contributed by atoms with Crippen molar-refractivity contribution in [1.82, 2.24) is 15.5 Å². The minimum Gasteiger partial charge on any atom is -0.480 e. The van der Waals surface area contributed by atoms with Crippen LogP contribution < -0.4 is 16.4 Å². The van der Waals surface area contributed by atoms with E-state index in [2.05, 4.69) is 10.6 Å². The zero-order valence-corrected chi connectivity index (χ0v) is 20.7. The minimum absolute atomic E-state index is 0.0954. The van der Waals surface area contributed by atoms with Crippen molar-refractivity contribution in [3.63, 3.8) is 0 Å². The zero-order valence-electron chi connectivity index (χ0n) is 19.9. The highest BCUT2D eigenvalue weighted by atomic mass is 32.2. The molecule has 184 valence electrons. The molecule has 1 aliphatic rings. The number of likely N-dealkylation sites (tertiary alicyclic amines) is 1. The first-order valence-corrected chi connectivity index (χ1v) is 12.8. The second-order valence-corrected chi connectivity index (χ2v) is 9.96. The van der Waals surface area contributed by atoms with E-state index in [1.54, 1.807) is 11.8 Å². The topological polar surface area (TPSA) is 142 Å². The molecular weight excluding hydrogens is 432 g/mol. The maximum absolute atomic E-state index is 13.4. The number of rotatable bonds is 13. The second-order valence-electron chi connectivity index (χ2n) is 8.98. The summed E-state index contributed by atoms with van der Waals surface area (Å²) in [5.41, 5.74) is 5.98. The Morgan fingerprint density at radius 3 is 2.38 bits per heavy atom. The lowest BCUT2D eigenvalue weighted by Gasteiger charge is -2.32. The highest BCUT2D eigenvalue weighted by Crippen LogP contribution is 2.22. The van der Waals surface area contributed by atoms with Crippen molar-refractivity contribution in [2.45, 2.75) is 84.0 Å². The average Bonchev–Trinajstić information content (AvgIpc) is 3.23. The van der Waals surface area contributed by atoms with Crippen molar-refractivity contribution in [2.24, 2.45) is 17.6 Å². The quantitative estimate of drug-likeness (QED) is 0.315. The summed E-state index contributed by atoms with van der Waals surface area (Å²) < 4.78 is 0. The summed E-state index contributed by atoms with van der Waals surface area (Å²) in [5, 5.41) is 14.8. The molecule has 1 fully saturated rings. The number of carbonyl (C=O) groups is 4. The van der Waals surface area contributed by atoms with E-state index in [-0.39, 0.29) is 23.7 Å². The van der Waals surface area contributed by atoms with Gasteiger partial charge in [0.15, 0.2) is 0 Å². The van der Waals surface area contributed by atoms with E-state index in [0.29, 0.717) is 38.6 Å². The third-order valence-corrected chi connectivity index (χ3v) is 6.55. The van der Waals surface area contributed by atoms with Gasteiger partial charge >= 0.3 is 5.97 Å². The smallest absolute Gasteiger partial charge is 0.326 e. The van der Waals surface area contributed by atoms with Crippen LogP contribution in [0.25, 0.3) is 0 Å². The summed E-state index contributed by atoms with van der Waals surface area (Å²) in [6, 6.07) is -3.23. The standard InChI is InChI=1S/C22H40N4O5S/c1-6-14(4)18(25-19(27)15(23)9-11-32-5)21(29)26-10-7-8-17(26)20(28)24-16(22(30)31)12-13(2)3/h13-18H,6-12,23H2,1-5H3,(H,24,28)(H,25,27)(H,30,31). The normalized spacial score (nSPS) is 19.8. The Morgan fingerprint density at radius 2 is 1.84 bits per heavy atom. The van der Waals surface area contributed by atoms with Crippen LogP contribution in [0, 0.1) is 11.8 Å². The van der Waals surface area contributed by atoms with Gasteiger partial charge in [0, 0.05) is 6.54 Å². The third-order valence-electron chi connectivity index (χ3n) is 5.91. The number of nitrogens with zero attached hydrogens (tertiary/aromatic N) is 1. The lowest BCUT2D eigenvalue weighted by molar-refractivity contribution is -0.145. The molecule has 5 atom stereocenters. The summed E-state index contributed by atoms with van der Waals surface area (Å²) in [7, 11) is 0. The Kier molecular flexibility index (Phi) is 12.1. The van der Waals surface area contributed by atoms with Crippen LogP contribution in [-0.2, 0) is 19.2 Å². The Morgan fingerprint density at radius 1 is 1.19 bits per heavy atom. The number of amides is 3. The molecule has 32 heavy (non-hydrogen) atoms. The number of aliphatic carboxylic acids is 1. The van der Waals surface area contributed by atoms with Gasteiger partial charge in [-0.25, -0.2) is 4.79 Å². The molecule has 1 heterocycles. The van der Waals surface area contributed by atoms with Crippen LogP contribution >= 0.6 is 11.8 Å². The molecule has 0 bridgehead atoms. The zero-order chi connectivity index (χ0) is 24.4. The Labute approximate surface area is 195 Å². The van der Waals surface area contributed by atoms with Crippen LogP contribution in [0.1, 0.15) is 59.8 Å². The van der Waals surface area contributed by atoms with Crippen LogP contribution in [0.2, 0.25) is 0 Å². The average molecular weight is 473 g/mol. The van der Waals surface area contributed by atoms with Gasteiger partial charge in [-0.1, -0.05) is 34.1 Å². The summed E-state index contributed by atoms with van der Waals surface area (Å²) in [6.07, 6.45) is 4.51. The first kappa shape index (κ1) is 28.2. The summed E-state index contributed by atoms with van der Waals surface area (Å²) >= 11 is 1.60. The second kappa shape index (κ2) is 13.7. The molecule has 0 spiro atoms. The highest BCUT2D eigenvalue weighted by Gasteiger charge is 2.40. The van der Waals surface area contributed by atoms with Gasteiger partial charge in [-0.05, 0) is 49.5 Å². The molecule has 0 radical (unpaired) electrons. The van der Waals surface area contributed by atoms with Gasteiger partial charge < -0.3 is 26.4 Å². The SMILES string of the molecule is CCC(C)C(NC(=O)C(N)CCSC)C(=O)N1CCCC1C(=O)NC(CC(C)C)C(=O)O. The Hall–Kier alpha value is -1.81. The van der Waals surface area contributed by atoms with Gasteiger partial charge in [-0.2, -0.15) is 11.8 Å². The molecule has 1 saturated heterocycles. The molecule has 0 aliphatic carbocycles. The lowest BCUT2D eigenvalue weighted by Crippen LogP contribution is -2.58. The largest absolute Gasteiger partial charge is 0.480 e. The van der Waals surface area contributed by atoms with Gasteiger partial charge in [0.05, 0.1) is 6.04 Å². The predicted molar refractivity (Wildman–Crippen MR) is 126 cm³/mol. The fraction of sp³-hybridized carbons (Fsp3) is 0.818. The van der Waals surface area contributed by atoms with Crippen molar-refractivity contribution in [1.29, 1.82) is 0 Å². The molecule has 0 aromatic heterocycles. The highest BCUT2D eigenvalue weighted by molar-refractivity contribution is 7.98. The van der Waals surface area contributed by atoms with Crippen LogP contribution in [0.3, 0.4) is 0 Å². The summed E-state index contributed by atoms with van der Waals surface area (Å²) in [4.78, 5) is 51.9. The molecule has 5 N–H and O–H groups in total. The predicted octanol–water partition coefficient (Wildman–Crippen LogP) is 1.20. The fourth-order valence-electron chi connectivity index (χ4n) is 3.76. The number of nitrogens with two attached hydrogens (primary N) is 1. The van der Waals surface area contributed by atoms with Gasteiger partial charge in [0.25, 0.3) is 0 Å². The number of thioether (sulfide) groups is 1. The maximum Gasteiger partial charge on any atom is 0.326 e. The molecular formula is C22H40N4O5S. The number of hydrogen-bond donors (Lipinski definition) is 4. The van der Waals surface area contributed by atoms with E-state index in [1.807, 2.05) is 34.0 Å². The molecule has 5 unspecified atom stereocenters. The van der Waals surface area contributed by atoms with E-state index < -0.39 is 36.0 Å². The van der Waals surface area contributed by atoms with E-state index in [0.717, 1.165) is 5.75 Å². The molecule has 0 saturated carbocycles. The Balaban J connectivity index is 2.95. The first-order chi connectivity index (χ1) is 15.0. The van der Waals surface area contributed by atoms with Crippen LogP contribution in [0.15, 0.2) is 0 Å². The fourth-order valence-corrected chi connectivity index (χ4v) is 4.25. The monoisotopic (exact) mass is 472 g/mol. The number of carboxylic acid groups (broad SMARTS) is 1.